The van der Waals surface area contributed by atoms with Gasteiger partial charge in [0.15, 0.2) is 5.13 Å². The van der Waals surface area contributed by atoms with Gasteiger partial charge in [0, 0.05) is 29.4 Å². The number of hydrogen-bond acceptors (Lipinski definition) is 4. The summed E-state index contributed by atoms with van der Waals surface area (Å²) in [6, 6.07) is 0. The van der Waals surface area contributed by atoms with Crippen LogP contribution in [0.1, 0.15) is 30.5 Å². The predicted octanol–water partition coefficient (Wildman–Crippen LogP) is 2.09. The molecule has 80 valence electrons. The molecule has 4 nitrogen and oxygen atoms in total. The maximum absolute atomic E-state index is 5.59. The summed E-state index contributed by atoms with van der Waals surface area (Å²) in [5.74, 6) is 1.53. The van der Waals surface area contributed by atoms with E-state index in [1.165, 1.54) is 11.3 Å². The van der Waals surface area contributed by atoms with Crippen molar-refractivity contribution in [2.45, 2.75) is 26.3 Å². The maximum Gasteiger partial charge on any atom is 0.180 e. The smallest absolute Gasteiger partial charge is 0.180 e. The lowest BCUT2D eigenvalue weighted by atomic mass is 10.2. The normalized spacial score (nSPS) is 11.1. The molecule has 0 amide bonds. The fraction of sp³-hybridized carbons (Fsp3) is 0.400. The quantitative estimate of drug-likeness (QED) is 0.865. The van der Waals surface area contributed by atoms with E-state index in [2.05, 4.69) is 28.4 Å². The number of imidazole rings is 1. The van der Waals surface area contributed by atoms with Crippen LogP contribution in [0, 0.1) is 0 Å². The summed E-state index contributed by atoms with van der Waals surface area (Å²) in [4.78, 5) is 9.53. The topological polar surface area (TPSA) is 56.7 Å². The van der Waals surface area contributed by atoms with Crippen LogP contribution in [0.15, 0.2) is 18.6 Å². The van der Waals surface area contributed by atoms with Gasteiger partial charge in [-0.1, -0.05) is 13.8 Å². The summed E-state index contributed by atoms with van der Waals surface area (Å²) in [6.45, 7) is 5.09. The fourth-order valence-corrected chi connectivity index (χ4v) is 2.20. The van der Waals surface area contributed by atoms with Gasteiger partial charge in [-0.25, -0.2) is 9.97 Å². The first-order valence-corrected chi connectivity index (χ1v) is 5.69. The highest BCUT2D eigenvalue weighted by molar-refractivity contribution is 7.15. The molecule has 0 spiro atoms. The number of nitrogens with two attached hydrogens (primary N) is 1. The van der Waals surface area contributed by atoms with E-state index < -0.39 is 0 Å². The van der Waals surface area contributed by atoms with Gasteiger partial charge in [-0.15, -0.1) is 11.3 Å². The van der Waals surface area contributed by atoms with Crippen LogP contribution in [0.4, 0.5) is 5.13 Å². The summed E-state index contributed by atoms with van der Waals surface area (Å²) >= 11 is 1.52. The molecule has 0 unspecified atom stereocenters. The van der Waals surface area contributed by atoms with Gasteiger partial charge in [-0.3, -0.25) is 0 Å². The van der Waals surface area contributed by atoms with Crippen LogP contribution in [0.25, 0.3) is 0 Å². The van der Waals surface area contributed by atoms with E-state index in [-0.39, 0.29) is 0 Å². The molecule has 0 aromatic carbocycles. The Hall–Kier alpha value is -1.36. The van der Waals surface area contributed by atoms with E-state index in [1.54, 1.807) is 0 Å². The van der Waals surface area contributed by atoms with Crippen LogP contribution in [0.5, 0.6) is 0 Å². The molecule has 0 saturated carbocycles. The molecule has 2 heterocycles. The fourth-order valence-electron chi connectivity index (χ4n) is 1.52. The van der Waals surface area contributed by atoms with E-state index in [4.69, 9.17) is 5.73 Å². The molecule has 0 fully saturated rings. The largest absolute Gasteiger partial charge is 0.375 e. The minimum atomic E-state index is 0.435. The number of aromatic nitrogens is 3. The Morgan fingerprint density at radius 2 is 2.27 bits per heavy atom. The lowest BCUT2D eigenvalue weighted by Gasteiger charge is -2.08. The average Bonchev–Trinajstić information content (AvgIpc) is 2.75. The second-order valence-corrected chi connectivity index (χ2v) is 4.88. The molecular formula is C10H14N4S. The third-order valence-corrected chi connectivity index (χ3v) is 2.97. The average molecular weight is 222 g/mol. The van der Waals surface area contributed by atoms with Gasteiger partial charge in [0.2, 0.25) is 0 Å². The first-order valence-electron chi connectivity index (χ1n) is 4.88. The Kier molecular flexibility index (Phi) is 2.73. The van der Waals surface area contributed by atoms with E-state index in [9.17, 15) is 0 Å². The van der Waals surface area contributed by atoms with Crippen LogP contribution in [-0.2, 0) is 6.54 Å². The first-order chi connectivity index (χ1) is 7.16. The molecule has 0 aliphatic rings. The molecule has 5 heteroatoms. The Bertz CT molecular complexity index is 444. The minimum absolute atomic E-state index is 0.435. The van der Waals surface area contributed by atoms with Crippen molar-refractivity contribution in [1.29, 1.82) is 0 Å². The van der Waals surface area contributed by atoms with Crippen molar-refractivity contribution < 1.29 is 0 Å². The molecule has 0 aliphatic heterocycles. The van der Waals surface area contributed by atoms with Crippen LogP contribution >= 0.6 is 11.3 Å². The Morgan fingerprint density at radius 3 is 2.87 bits per heavy atom. The highest BCUT2D eigenvalue weighted by atomic mass is 32.1. The van der Waals surface area contributed by atoms with Crippen molar-refractivity contribution >= 4 is 16.5 Å². The molecule has 0 atom stereocenters. The monoisotopic (exact) mass is 222 g/mol. The van der Waals surface area contributed by atoms with Gasteiger partial charge in [0.25, 0.3) is 0 Å². The summed E-state index contributed by atoms with van der Waals surface area (Å²) in [6.07, 6.45) is 5.65. The number of rotatable bonds is 3. The molecule has 2 N–H and O–H groups in total. The van der Waals surface area contributed by atoms with Gasteiger partial charge in [0.1, 0.15) is 5.82 Å². The van der Waals surface area contributed by atoms with E-state index >= 15 is 0 Å². The van der Waals surface area contributed by atoms with Gasteiger partial charge >= 0.3 is 0 Å². The molecule has 0 radical (unpaired) electrons. The lowest BCUT2D eigenvalue weighted by molar-refractivity contribution is 0.674. The lowest BCUT2D eigenvalue weighted by Crippen LogP contribution is -2.04. The van der Waals surface area contributed by atoms with Gasteiger partial charge in [-0.2, -0.15) is 0 Å². The van der Waals surface area contributed by atoms with Gasteiger partial charge in [0.05, 0.1) is 6.54 Å². The third-order valence-electron chi connectivity index (χ3n) is 2.16. The van der Waals surface area contributed by atoms with Crippen molar-refractivity contribution in [3.05, 3.63) is 29.3 Å². The van der Waals surface area contributed by atoms with Crippen LogP contribution in [0.2, 0.25) is 0 Å². The minimum Gasteiger partial charge on any atom is -0.375 e. The van der Waals surface area contributed by atoms with Crippen molar-refractivity contribution in [3.8, 4) is 0 Å². The van der Waals surface area contributed by atoms with Gasteiger partial charge < -0.3 is 10.3 Å². The highest BCUT2D eigenvalue weighted by Gasteiger charge is 2.08. The van der Waals surface area contributed by atoms with E-state index in [0.29, 0.717) is 11.0 Å². The summed E-state index contributed by atoms with van der Waals surface area (Å²) in [5, 5.41) is 0.621. The molecular weight excluding hydrogens is 208 g/mol. The number of anilines is 1. The zero-order valence-electron chi connectivity index (χ0n) is 8.84. The summed E-state index contributed by atoms with van der Waals surface area (Å²) < 4.78 is 2.14. The summed E-state index contributed by atoms with van der Waals surface area (Å²) in [7, 11) is 0. The second-order valence-electron chi connectivity index (χ2n) is 3.73. The SMILES string of the molecule is CC(C)c1nccn1Cc1cnc(N)s1. The molecule has 2 aromatic rings. The number of thiazole rings is 1. The Labute approximate surface area is 92.8 Å². The number of nitrogens with zero attached hydrogens (tertiary/aromatic N) is 3. The maximum atomic E-state index is 5.59. The van der Waals surface area contributed by atoms with Crippen LogP contribution in [-0.4, -0.2) is 14.5 Å². The molecule has 0 aliphatic carbocycles. The molecule has 2 aromatic heterocycles. The van der Waals surface area contributed by atoms with Crippen molar-refractivity contribution in [3.63, 3.8) is 0 Å². The van der Waals surface area contributed by atoms with E-state index in [0.717, 1.165) is 17.2 Å². The first kappa shape index (κ1) is 10.2. The van der Waals surface area contributed by atoms with Crippen molar-refractivity contribution in [2.24, 2.45) is 0 Å². The Balaban J connectivity index is 2.20. The summed E-state index contributed by atoms with van der Waals surface area (Å²) in [5.41, 5.74) is 5.59. The molecule has 0 saturated heterocycles. The zero-order valence-corrected chi connectivity index (χ0v) is 9.66. The highest BCUT2D eigenvalue weighted by Crippen LogP contribution is 2.18. The molecule has 2 rings (SSSR count). The van der Waals surface area contributed by atoms with Crippen LogP contribution < -0.4 is 5.73 Å². The van der Waals surface area contributed by atoms with Crippen molar-refractivity contribution in [1.82, 2.24) is 14.5 Å². The van der Waals surface area contributed by atoms with Crippen molar-refractivity contribution in [2.75, 3.05) is 5.73 Å². The number of hydrogen-bond donors (Lipinski definition) is 1. The second kappa shape index (κ2) is 4.02. The van der Waals surface area contributed by atoms with E-state index in [1.807, 2.05) is 18.6 Å². The molecule has 0 bridgehead atoms. The standard InChI is InChI=1S/C10H14N4S/c1-7(2)9-12-3-4-14(9)6-8-5-13-10(11)15-8/h3-5,7H,6H2,1-2H3,(H2,11,13). The Morgan fingerprint density at radius 1 is 1.47 bits per heavy atom. The number of nitrogen functional groups attached to an aromatic ring is 1. The molecule has 15 heavy (non-hydrogen) atoms. The van der Waals surface area contributed by atoms with Gasteiger partial charge in [-0.05, 0) is 0 Å². The predicted molar refractivity (Wildman–Crippen MR) is 61.9 cm³/mol. The third kappa shape index (κ3) is 2.18. The zero-order chi connectivity index (χ0) is 10.8. The van der Waals surface area contributed by atoms with Crippen LogP contribution in [0.3, 0.4) is 0 Å².